The average molecular weight is 416 g/mol. The summed E-state index contributed by atoms with van der Waals surface area (Å²) in [7, 11) is 1.59. The van der Waals surface area contributed by atoms with Crippen LogP contribution < -0.4 is 5.73 Å². The van der Waals surface area contributed by atoms with Gasteiger partial charge in [-0.1, -0.05) is 0 Å². The van der Waals surface area contributed by atoms with Gasteiger partial charge in [0.25, 0.3) is 5.91 Å². The highest BCUT2D eigenvalue weighted by Crippen LogP contribution is 2.32. The number of benzene rings is 1. The SMILES string of the molecule is C[C@@H](c1ccc(C(F)(F)F)cn1)N(C)C(=O)c1ccc2nc(N)c3c(c2c1)COC3. The number of ether oxygens (including phenoxy) is 1. The van der Waals surface area contributed by atoms with Crippen molar-refractivity contribution in [2.75, 3.05) is 12.8 Å². The van der Waals surface area contributed by atoms with Crippen LogP contribution in [0.25, 0.3) is 10.9 Å². The highest BCUT2D eigenvalue weighted by molar-refractivity contribution is 5.99. The monoisotopic (exact) mass is 416 g/mol. The van der Waals surface area contributed by atoms with Crippen molar-refractivity contribution in [2.24, 2.45) is 0 Å². The van der Waals surface area contributed by atoms with Crippen molar-refractivity contribution >= 4 is 22.6 Å². The van der Waals surface area contributed by atoms with Gasteiger partial charge in [-0.2, -0.15) is 13.2 Å². The Morgan fingerprint density at radius 1 is 1.20 bits per heavy atom. The maximum Gasteiger partial charge on any atom is 0.417 e. The molecule has 0 bridgehead atoms. The van der Waals surface area contributed by atoms with Gasteiger partial charge < -0.3 is 15.4 Å². The number of rotatable bonds is 3. The van der Waals surface area contributed by atoms with Crippen LogP contribution in [0.4, 0.5) is 19.0 Å². The summed E-state index contributed by atoms with van der Waals surface area (Å²) in [6.07, 6.45) is -3.68. The minimum Gasteiger partial charge on any atom is -0.383 e. The van der Waals surface area contributed by atoms with Crippen molar-refractivity contribution in [2.45, 2.75) is 32.4 Å². The molecule has 0 saturated carbocycles. The highest BCUT2D eigenvalue weighted by Gasteiger charge is 2.31. The third kappa shape index (κ3) is 3.45. The van der Waals surface area contributed by atoms with Gasteiger partial charge in [-0.25, -0.2) is 4.98 Å². The van der Waals surface area contributed by atoms with Gasteiger partial charge in [-0.15, -0.1) is 0 Å². The molecule has 6 nitrogen and oxygen atoms in total. The summed E-state index contributed by atoms with van der Waals surface area (Å²) in [6.45, 7) is 2.50. The van der Waals surface area contributed by atoms with Crippen LogP contribution in [0.15, 0.2) is 36.5 Å². The van der Waals surface area contributed by atoms with Crippen molar-refractivity contribution in [3.8, 4) is 0 Å². The normalized spacial score (nSPS) is 14.6. The highest BCUT2D eigenvalue weighted by atomic mass is 19.4. The van der Waals surface area contributed by atoms with E-state index in [2.05, 4.69) is 9.97 Å². The number of hydrogen-bond donors (Lipinski definition) is 1. The van der Waals surface area contributed by atoms with Gasteiger partial charge in [0.05, 0.1) is 36.0 Å². The largest absolute Gasteiger partial charge is 0.417 e. The van der Waals surface area contributed by atoms with E-state index >= 15 is 0 Å². The maximum absolute atomic E-state index is 13.0. The quantitative estimate of drug-likeness (QED) is 0.695. The molecule has 0 aliphatic carbocycles. The topological polar surface area (TPSA) is 81.3 Å². The number of nitrogen functional groups attached to an aromatic ring is 1. The minimum absolute atomic E-state index is 0.282. The minimum atomic E-state index is -4.46. The zero-order valence-electron chi connectivity index (χ0n) is 16.3. The molecule has 0 saturated heterocycles. The van der Waals surface area contributed by atoms with Gasteiger partial charge >= 0.3 is 6.18 Å². The number of pyridine rings is 2. The molecular weight excluding hydrogens is 397 g/mol. The van der Waals surface area contributed by atoms with E-state index in [0.29, 0.717) is 35.8 Å². The van der Waals surface area contributed by atoms with Gasteiger partial charge in [0, 0.05) is 29.8 Å². The molecule has 0 fully saturated rings. The van der Waals surface area contributed by atoms with Gasteiger partial charge in [0.2, 0.25) is 0 Å². The molecule has 2 N–H and O–H groups in total. The molecule has 3 aromatic rings. The van der Waals surface area contributed by atoms with Crippen molar-refractivity contribution in [3.63, 3.8) is 0 Å². The lowest BCUT2D eigenvalue weighted by molar-refractivity contribution is -0.137. The Morgan fingerprint density at radius 3 is 2.60 bits per heavy atom. The van der Waals surface area contributed by atoms with Crippen LogP contribution in [0.2, 0.25) is 0 Å². The van der Waals surface area contributed by atoms with E-state index in [1.807, 2.05) is 0 Å². The van der Waals surface area contributed by atoms with E-state index in [-0.39, 0.29) is 5.91 Å². The molecule has 0 radical (unpaired) electrons. The fraction of sp³-hybridized carbons (Fsp3) is 0.286. The number of halogens is 3. The number of anilines is 1. The van der Waals surface area contributed by atoms with E-state index in [4.69, 9.17) is 10.5 Å². The van der Waals surface area contributed by atoms with Gasteiger partial charge in [-0.05, 0) is 42.8 Å². The third-order valence-corrected chi connectivity index (χ3v) is 5.42. The molecule has 4 rings (SSSR count). The molecule has 2 aromatic heterocycles. The molecule has 1 atom stereocenters. The van der Waals surface area contributed by atoms with Crippen molar-refractivity contribution in [1.82, 2.24) is 14.9 Å². The van der Waals surface area contributed by atoms with E-state index in [9.17, 15) is 18.0 Å². The van der Waals surface area contributed by atoms with Crippen molar-refractivity contribution in [1.29, 1.82) is 0 Å². The number of nitrogens with zero attached hydrogens (tertiary/aromatic N) is 3. The number of carbonyl (C=O) groups excluding carboxylic acids is 1. The first-order valence-corrected chi connectivity index (χ1v) is 9.26. The summed E-state index contributed by atoms with van der Waals surface area (Å²) in [5, 5.41) is 0.802. The molecule has 30 heavy (non-hydrogen) atoms. The molecule has 156 valence electrons. The van der Waals surface area contributed by atoms with Crippen LogP contribution in [0.3, 0.4) is 0 Å². The Kier molecular flexibility index (Phi) is 4.85. The summed E-state index contributed by atoms with van der Waals surface area (Å²) in [5.74, 6) is 0.142. The first-order valence-electron chi connectivity index (χ1n) is 9.26. The smallest absolute Gasteiger partial charge is 0.383 e. The number of alkyl halides is 3. The Hall–Kier alpha value is -3.20. The van der Waals surface area contributed by atoms with E-state index in [1.54, 1.807) is 32.2 Å². The fourth-order valence-electron chi connectivity index (χ4n) is 3.50. The number of aromatic nitrogens is 2. The molecule has 0 unspecified atom stereocenters. The number of amides is 1. The Labute approximate surface area is 170 Å². The fourth-order valence-corrected chi connectivity index (χ4v) is 3.50. The van der Waals surface area contributed by atoms with Gasteiger partial charge in [0.15, 0.2) is 0 Å². The van der Waals surface area contributed by atoms with Gasteiger partial charge in [0.1, 0.15) is 5.82 Å². The second-order valence-electron chi connectivity index (χ2n) is 7.24. The summed E-state index contributed by atoms with van der Waals surface area (Å²) >= 11 is 0. The predicted molar refractivity (Wildman–Crippen MR) is 104 cm³/mol. The Morgan fingerprint density at radius 2 is 1.93 bits per heavy atom. The van der Waals surface area contributed by atoms with Gasteiger partial charge in [-0.3, -0.25) is 9.78 Å². The number of hydrogen-bond acceptors (Lipinski definition) is 5. The lowest BCUT2D eigenvalue weighted by Crippen LogP contribution is -2.30. The standard InChI is InChI=1S/C21H19F3N4O2/c1-11(17-6-4-13(8-26-17)21(22,23)24)28(2)20(29)12-3-5-18-14(7-12)15-9-30-10-16(15)19(25)27-18/h3-8,11H,9-10H2,1-2H3,(H2,25,27)/t11-/m0/s1. The zero-order chi connectivity index (χ0) is 21.6. The first kappa shape index (κ1) is 20.1. The molecule has 1 aliphatic heterocycles. The first-order chi connectivity index (χ1) is 14.2. The van der Waals surface area contributed by atoms with Crippen molar-refractivity contribution < 1.29 is 22.7 Å². The second-order valence-corrected chi connectivity index (χ2v) is 7.24. The number of fused-ring (bicyclic) bond motifs is 3. The molecule has 3 heterocycles. The second kappa shape index (κ2) is 7.24. The lowest BCUT2D eigenvalue weighted by atomic mass is 10.0. The van der Waals surface area contributed by atoms with Crippen LogP contribution >= 0.6 is 0 Å². The summed E-state index contributed by atoms with van der Waals surface area (Å²) in [5.41, 5.74) is 8.39. The Bertz CT molecular complexity index is 1130. The van der Waals surface area contributed by atoms with Crippen molar-refractivity contribution in [3.05, 3.63) is 64.5 Å². The van der Waals surface area contributed by atoms with E-state index in [1.165, 1.54) is 11.0 Å². The van der Waals surface area contributed by atoms with E-state index in [0.717, 1.165) is 28.8 Å². The summed E-state index contributed by atoms with van der Waals surface area (Å²) in [4.78, 5) is 22.7. The summed E-state index contributed by atoms with van der Waals surface area (Å²) < 4.78 is 43.7. The lowest BCUT2D eigenvalue weighted by Gasteiger charge is -2.25. The molecular formula is C21H19F3N4O2. The maximum atomic E-state index is 13.0. The Balaban J connectivity index is 1.62. The number of carbonyl (C=O) groups is 1. The molecule has 0 spiro atoms. The molecule has 1 amide bonds. The van der Waals surface area contributed by atoms with Crippen LogP contribution in [0.1, 0.15) is 45.7 Å². The zero-order valence-corrected chi connectivity index (χ0v) is 16.3. The van der Waals surface area contributed by atoms with E-state index < -0.39 is 17.8 Å². The molecule has 9 heteroatoms. The molecule has 1 aromatic carbocycles. The summed E-state index contributed by atoms with van der Waals surface area (Å²) in [6, 6.07) is 6.87. The third-order valence-electron chi connectivity index (χ3n) is 5.42. The van der Waals surface area contributed by atoms with Crippen LogP contribution in [-0.2, 0) is 24.1 Å². The van der Waals surface area contributed by atoms with Crippen LogP contribution in [0.5, 0.6) is 0 Å². The molecule has 1 aliphatic rings. The predicted octanol–water partition coefficient (Wildman–Crippen LogP) is 4.09. The average Bonchev–Trinajstić information content (AvgIpc) is 3.22. The van der Waals surface area contributed by atoms with Crippen LogP contribution in [0, 0.1) is 0 Å². The number of nitrogens with two attached hydrogens (primary N) is 1. The van der Waals surface area contributed by atoms with Crippen LogP contribution in [-0.4, -0.2) is 27.8 Å².